The summed E-state index contributed by atoms with van der Waals surface area (Å²) in [4.78, 5) is 23.3. The van der Waals surface area contributed by atoms with Crippen LogP contribution < -0.4 is 10.2 Å². The Morgan fingerprint density at radius 3 is 2.72 bits per heavy atom. The number of piperidine rings is 1. The Labute approximate surface area is 149 Å². The van der Waals surface area contributed by atoms with Crippen LogP contribution in [0.3, 0.4) is 0 Å². The van der Waals surface area contributed by atoms with Crippen molar-refractivity contribution in [2.75, 3.05) is 24.5 Å². The van der Waals surface area contributed by atoms with Crippen LogP contribution in [-0.4, -0.2) is 35.5 Å². The van der Waals surface area contributed by atoms with Crippen LogP contribution in [0.1, 0.15) is 42.2 Å². The summed E-state index contributed by atoms with van der Waals surface area (Å²) in [6, 6.07) is 12.0. The summed E-state index contributed by atoms with van der Waals surface area (Å²) in [5.74, 6) is 1.30. The second-order valence-corrected chi connectivity index (χ2v) is 6.76. The molecule has 1 aliphatic rings. The topological polar surface area (TPSA) is 58.1 Å². The van der Waals surface area contributed by atoms with Gasteiger partial charge in [0.2, 0.25) is 5.95 Å². The molecule has 1 aliphatic heterocycles. The molecule has 0 unspecified atom stereocenters. The predicted octanol–water partition coefficient (Wildman–Crippen LogP) is 3.08. The molecule has 1 amide bonds. The van der Waals surface area contributed by atoms with Gasteiger partial charge in [-0.05, 0) is 43.2 Å². The summed E-state index contributed by atoms with van der Waals surface area (Å²) < 4.78 is 0. The quantitative estimate of drug-likeness (QED) is 0.823. The third-order valence-electron chi connectivity index (χ3n) is 4.71. The van der Waals surface area contributed by atoms with Crippen LogP contribution in [0.25, 0.3) is 0 Å². The lowest BCUT2D eigenvalue weighted by Crippen LogP contribution is -2.34. The van der Waals surface area contributed by atoms with Crippen molar-refractivity contribution in [2.24, 2.45) is 5.92 Å². The molecule has 25 heavy (non-hydrogen) atoms. The zero-order valence-corrected chi connectivity index (χ0v) is 14.8. The lowest BCUT2D eigenvalue weighted by molar-refractivity contribution is 0.0948. The Morgan fingerprint density at radius 2 is 1.96 bits per heavy atom. The fourth-order valence-corrected chi connectivity index (χ4v) is 3.07. The lowest BCUT2D eigenvalue weighted by Gasteiger charge is -2.30. The number of hydrogen-bond donors (Lipinski definition) is 1. The number of benzene rings is 1. The molecule has 0 aliphatic carbocycles. The van der Waals surface area contributed by atoms with Crippen LogP contribution in [0.5, 0.6) is 0 Å². The molecule has 3 rings (SSSR count). The van der Waals surface area contributed by atoms with E-state index in [1.165, 1.54) is 5.56 Å². The van der Waals surface area contributed by atoms with Crippen molar-refractivity contribution < 1.29 is 4.79 Å². The molecular formula is C20H26N4O. The second kappa shape index (κ2) is 8.60. The molecule has 1 fully saturated rings. The summed E-state index contributed by atoms with van der Waals surface area (Å²) in [5.41, 5.74) is 1.74. The molecule has 1 saturated heterocycles. The largest absolute Gasteiger partial charge is 0.351 e. The summed E-state index contributed by atoms with van der Waals surface area (Å²) >= 11 is 0. The van der Waals surface area contributed by atoms with E-state index in [1.807, 2.05) is 18.2 Å². The third-order valence-corrected chi connectivity index (χ3v) is 4.71. The smallest absolute Gasteiger partial charge is 0.270 e. The number of aryl methyl sites for hydroxylation is 1. The summed E-state index contributed by atoms with van der Waals surface area (Å²) in [6.45, 7) is 4.85. The number of carbonyl (C=O) groups is 1. The molecule has 5 nitrogen and oxygen atoms in total. The van der Waals surface area contributed by atoms with Gasteiger partial charge in [0.25, 0.3) is 5.91 Å². The van der Waals surface area contributed by atoms with Crippen LogP contribution in [0.2, 0.25) is 0 Å². The van der Waals surface area contributed by atoms with Gasteiger partial charge >= 0.3 is 0 Å². The van der Waals surface area contributed by atoms with Crippen LogP contribution in [0.15, 0.2) is 42.6 Å². The first kappa shape index (κ1) is 17.4. The van der Waals surface area contributed by atoms with E-state index in [0.717, 1.165) is 44.7 Å². The van der Waals surface area contributed by atoms with Crippen LogP contribution in [0.4, 0.5) is 5.95 Å². The van der Waals surface area contributed by atoms with Gasteiger partial charge in [-0.3, -0.25) is 4.79 Å². The van der Waals surface area contributed by atoms with Gasteiger partial charge < -0.3 is 10.2 Å². The first-order valence-electron chi connectivity index (χ1n) is 9.12. The summed E-state index contributed by atoms with van der Waals surface area (Å²) in [5, 5.41) is 2.96. The van der Waals surface area contributed by atoms with Gasteiger partial charge in [-0.25, -0.2) is 9.97 Å². The number of carbonyl (C=O) groups excluding carboxylic acids is 1. The van der Waals surface area contributed by atoms with Gasteiger partial charge in [0, 0.05) is 25.8 Å². The van der Waals surface area contributed by atoms with Crippen molar-refractivity contribution in [1.82, 2.24) is 15.3 Å². The average molecular weight is 338 g/mol. The van der Waals surface area contributed by atoms with E-state index < -0.39 is 0 Å². The SMILES string of the molecule is CC1CCN(c2nccc(C(=O)NCCCc3ccccc3)n2)CC1. The lowest BCUT2D eigenvalue weighted by atomic mass is 10.00. The van der Waals surface area contributed by atoms with E-state index in [1.54, 1.807) is 12.3 Å². The van der Waals surface area contributed by atoms with E-state index in [4.69, 9.17) is 0 Å². The van der Waals surface area contributed by atoms with Crippen molar-refractivity contribution in [3.63, 3.8) is 0 Å². The molecule has 1 N–H and O–H groups in total. The van der Waals surface area contributed by atoms with Crippen molar-refractivity contribution in [3.8, 4) is 0 Å². The molecular weight excluding hydrogens is 312 g/mol. The first-order chi connectivity index (χ1) is 12.2. The molecule has 1 aromatic carbocycles. The predicted molar refractivity (Wildman–Crippen MR) is 99.7 cm³/mol. The van der Waals surface area contributed by atoms with Gasteiger partial charge in [-0.2, -0.15) is 0 Å². The average Bonchev–Trinajstić information content (AvgIpc) is 2.66. The number of nitrogens with one attached hydrogen (secondary N) is 1. The molecule has 0 bridgehead atoms. The van der Waals surface area contributed by atoms with Crippen molar-refractivity contribution in [1.29, 1.82) is 0 Å². The number of anilines is 1. The Morgan fingerprint density at radius 1 is 1.20 bits per heavy atom. The Hall–Kier alpha value is -2.43. The van der Waals surface area contributed by atoms with Gasteiger partial charge in [-0.15, -0.1) is 0 Å². The highest BCUT2D eigenvalue weighted by atomic mass is 16.1. The van der Waals surface area contributed by atoms with E-state index in [9.17, 15) is 4.79 Å². The Balaban J connectivity index is 1.49. The zero-order chi connectivity index (χ0) is 17.5. The van der Waals surface area contributed by atoms with Gasteiger partial charge in [0.15, 0.2) is 0 Å². The normalized spacial score (nSPS) is 15.2. The number of hydrogen-bond acceptors (Lipinski definition) is 4. The highest BCUT2D eigenvalue weighted by Crippen LogP contribution is 2.19. The molecule has 1 aromatic heterocycles. The maximum Gasteiger partial charge on any atom is 0.270 e. The van der Waals surface area contributed by atoms with E-state index >= 15 is 0 Å². The molecule has 2 aromatic rings. The molecule has 5 heteroatoms. The number of rotatable bonds is 6. The van der Waals surface area contributed by atoms with Gasteiger partial charge in [0.05, 0.1) is 0 Å². The minimum Gasteiger partial charge on any atom is -0.351 e. The van der Waals surface area contributed by atoms with Crippen molar-refractivity contribution in [3.05, 3.63) is 53.9 Å². The number of nitrogens with zero attached hydrogens (tertiary/aromatic N) is 3. The molecule has 132 valence electrons. The fraction of sp³-hybridized carbons (Fsp3) is 0.450. The highest BCUT2D eigenvalue weighted by Gasteiger charge is 2.19. The van der Waals surface area contributed by atoms with Crippen LogP contribution in [0, 0.1) is 5.92 Å². The monoisotopic (exact) mass is 338 g/mol. The summed E-state index contributed by atoms with van der Waals surface area (Å²) in [7, 11) is 0. The first-order valence-corrected chi connectivity index (χ1v) is 9.12. The third kappa shape index (κ3) is 5.02. The van der Waals surface area contributed by atoms with Crippen molar-refractivity contribution in [2.45, 2.75) is 32.6 Å². The zero-order valence-electron chi connectivity index (χ0n) is 14.8. The second-order valence-electron chi connectivity index (χ2n) is 6.76. The van der Waals surface area contributed by atoms with Crippen LogP contribution >= 0.6 is 0 Å². The van der Waals surface area contributed by atoms with E-state index in [2.05, 4.69) is 39.2 Å². The van der Waals surface area contributed by atoms with E-state index in [0.29, 0.717) is 18.2 Å². The fourth-order valence-electron chi connectivity index (χ4n) is 3.07. The minimum atomic E-state index is -0.123. The molecule has 2 heterocycles. The maximum absolute atomic E-state index is 12.3. The highest BCUT2D eigenvalue weighted by molar-refractivity contribution is 5.92. The molecule has 0 spiro atoms. The Kier molecular flexibility index (Phi) is 5.99. The maximum atomic E-state index is 12.3. The molecule has 0 radical (unpaired) electrons. The van der Waals surface area contributed by atoms with Gasteiger partial charge in [0.1, 0.15) is 5.69 Å². The molecule has 0 atom stereocenters. The number of amides is 1. The number of aromatic nitrogens is 2. The standard InChI is InChI=1S/C20H26N4O/c1-16-10-14-24(15-11-16)20-22-13-9-18(23-20)19(25)21-12-5-8-17-6-3-2-4-7-17/h2-4,6-7,9,13,16H,5,8,10-12,14-15H2,1H3,(H,21,25). The van der Waals surface area contributed by atoms with Gasteiger partial charge in [-0.1, -0.05) is 37.3 Å². The van der Waals surface area contributed by atoms with Crippen molar-refractivity contribution >= 4 is 11.9 Å². The molecule has 0 saturated carbocycles. The van der Waals surface area contributed by atoms with Crippen LogP contribution in [-0.2, 0) is 6.42 Å². The minimum absolute atomic E-state index is 0.123. The Bertz CT molecular complexity index is 681. The summed E-state index contributed by atoms with van der Waals surface area (Å²) in [6.07, 6.45) is 5.86. The van der Waals surface area contributed by atoms with E-state index in [-0.39, 0.29) is 5.91 Å².